The number of hydrogen-bond acceptors (Lipinski definition) is 4. The summed E-state index contributed by atoms with van der Waals surface area (Å²) in [5.74, 6) is 0.303. The van der Waals surface area contributed by atoms with E-state index < -0.39 is 0 Å². The molecule has 100 valence electrons. The van der Waals surface area contributed by atoms with E-state index in [9.17, 15) is 4.39 Å². The summed E-state index contributed by atoms with van der Waals surface area (Å²) in [6.07, 6.45) is 1.66. The van der Waals surface area contributed by atoms with E-state index in [1.54, 1.807) is 24.4 Å². The van der Waals surface area contributed by atoms with Gasteiger partial charge in [-0.05, 0) is 24.3 Å². The van der Waals surface area contributed by atoms with Crippen molar-refractivity contribution < 1.29 is 13.9 Å². The van der Waals surface area contributed by atoms with Gasteiger partial charge in [0.05, 0.1) is 6.61 Å². The molecule has 0 unspecified atom stereocenters. The van der Waals surface area contributed by atoms with Gasteiger partial charge in [0.25, 0.3) is 0 Å². The van der Waals surface area contributed by atoms with E-state index in [1.165, 1.54) is 6.07 Å². The zero-order valence-electron chi connectivity index (χ0n) is 10.4. The molecule has 1 aromatic heterocycles. The van der Waals surface area contributed by atoms with Crippen LogP contribution >= 0.6 is 0 Å². The van der Waals surface area contributed by atoms with Crippen molar-refractivity contribution in [2.45, 2.75) is 6.10 Å². The molecule has 1 fully saturated rings. The molecule has 0 radical (unpaired) electrons. The van der Waals surface area contributed by atoms with Crippen LogP contribution in [-0.4, -0.2) is 37.4 Å². The van der Waals surface area contributed by atoms with E-state index in [-0.39, 0.29) is 11.9 Å². The number of pyridine rings is 1. The third kappa shape index (κ3) is 2.67. The highest BCUT2D eigenvalue weighted by atomic mass is 19.1. The van der Waals surface area contributed by atoms with E-state index >= 15 is 0 Å². The summed E-state index contributed by atoms with van der Waals surface area (Å²) in [4.78, 5) is 4.18. The largest absolute Gasteiger partial charge is 0.489 e. The molecule has 0 bridgehead atoms. The van der Waals surface area contributed by atoms with Crippen LogP contribution in [0.25, 0.3) is 10.9 Å². The molecule has 0 amide bonds. The Morgan fingerprint density at radius 1 is 1.42 bits per heavy atom. The number of benzene rings is 1. The van der Waals surface area contributed by atoms with Gasteiger partial charge in [0.15, 0.2) is 0 Å². The molecular formula is C14H15FN2O2. The fourth-order valence-electron chi connectivity index (χ4n) is 2.14. The van der Waals surface area contributed by atoms with Crippen LogP contribution in [0.15, 0.2) is 30.5 Å². The predicted molar refractivity (Wildman–Crippen MR) is 69.8 cm³/mol. The fraction of sp³-hybridized carbons (Fsp3) is 0.357. The Morgan fingerprint density at radius 2 is 2.37 bits per heavy atom. The summed E-state index contributed by atoms with van der Waals surface area (Å²) < 4.78 is 24.9. The van der Waals surface area contributed by atoms with E-state index in [4.69, 9.17) is 9.47 Å². The van der Waals surface area contributed by atoms with Crippen molar-refractivity contribution >= 4 is 10.9 Å². The van der Waals surface area contributed by atoms with Gasteiger partial charge in [-0.2, -0.15) is 0 Å². The molecule has 1 atom stereocenters. The quantitative estimate of drug-likeness (QED) is 0.915. The molecule has 19 heavy (non-hydrogen) atoms. The predicted octanol–water partition coefficient (Wildman–Crippen LogP) is 1.74. The van der Waals surface area contributed by atoms with Crippen molar-refractivity contribution in [1.82, 2.24) is 10.3 Å². The summed E-state index contributed by atoms with van der Waals surface area (Å²) in [5.41, 5.74) is 0.547. The number of aromatic nitrogens is 1. The lowest BCUT2D eigenvalue weighted by molar-refractivity contribution is 0.000468. The Balaban J connectivity index is 1.79. The molecular weight excluding hydrogens is 247 g/mol. The molecule has 2 aromatic rings. The molecule has 3 rings (SSSR count). The van der Waals surface area contributed by atoms with E-state index in [1.807, 2.05) is 0 Å². The SMILES string of the molecule is Fc1ccc(OC[C@H]2CNCCO2)c2ncccc12. The summed E-state index contributed by atoms with van der Waals surface area (Å²) in [5, 5.41) is 3.71. The maximum Gasteiger partial charge on any atom is 0.145 e. The Kier molecular flexibility index (Phi) is 3.57. The first kappa shape index (κ1) is 12.3. The standard InChI is InChI=1S/C14H15FN2O2/c15-12-3-4-13(14-11(12)2-1-5-17-14)19-9-10-8-16-6-7-18-10/h1-5,10,16H,6-9H2/t10-/m1/s1. The highest BCUT2D eigenvalue weighted by Crippen LogP contribution is 2.25. The maximum atomic E-state index is 13.6. The zero-order chi connectivity index (χ0) is 13.1. The van der Waals surface area contributed by atoms with Crippen molar-refractivity contribution in [2.75, 3.05) is 26.3 Å². The number of morpholine rings is 1. The van der Waals surface area contributed by atoms with Crippen LogP contribution in [0.3, 0.4) is 0 Å². The molecule has 0 spiro atoms. The van der Waals surface area contributed by atoms with Gasteiger partial charge >= 0.3 is 0 Å². The Labute approximate surface area is 110 Å². The summed E-state index contributed by atoms with van der Waals surface area (Å²) in [6, 6.07) is 6.42. The second kappa shape index (κ2) is 5.50. The van der Waals surface area contributed by atoms with Gasteiger partial charge in [-0.3, -0.25) is 4.98 Å². The van der Waals surface area contributed by atoms with Crippen molar-refractivity contribution in [1.29, 1.82) is 0 Å². The summed E-state index contributed by atoms with van der Waals surface area (Å²) in [6.45, 7) is 2.77. The topological polar surface area (TPSA) is 43.4 Å². The minimum absolute atomic E-state index is 0.0255. The lowest BCUT2D eigenvalue weighted by Gasteiger charge is -2.23. The van der Waals surface area contributed by atoms with Crippen molar-refractivity contribution in [3.63, 3.8) is 0 Å². The second-order valence-electron chi connectivity index (χ2n) is 4.45. The first-order chi connectivity index (χ1) is 9.34. The molecule has 0 saturated carbocycles. The van der Waals surface area contributed by atoms with Crippen LogP contribution in [-0.2, 0) is 4.74 Å². The number of hydrogen-bond donors (Lipinski definition) is 1. The fourth-order valence-corrected chi connectivity index (χ4v) is 2.14. The molecule has 5 heteroatoms. The number of rotatable bonds is 3. The zero-order valence-corrected chi connectivity index (χ0v) is 10.4. The third-order valence-electron chi connectivity index (χ3n) is 3.11. The summed E-state index contributed by atoms with van der Waals surface area (Å²) in [7, 11) is 0. The van der Waals surface area contributed by atoms with E-state index in [2.05, 4.69) is 10.3 Å². The van der Waals surface area contributed by atoms with Crippen LogP contribution in [0, 0.1) is 5.82 Å². The van der Waals surface area contributed by atoms with Crippen LogP contribution < -0.4 is 10.1 Å². The van der Waals surface area contributed by atoms with Crippen LogP contribution in [0.2, 0.25) is 0 Å². The normalized spacial score (nSPS) is 19.5. The average Bonchev–Trinajstić information content (AvgIpc) is 2.48. The van der Waals surface area contributed by atoms with Gasteiger partial charge in [-0.15, -0.1) is 0 Å². The minimum atomic E-state index is -0.286. The summed E-state index contributed by atoms with van der Waals surface area (Å²) >= 11 is 0. The molecule has 1 saturated heterocycles. The highest BCUT2D eigenvalue weighted by Gasteiger charge is 2.15. The van der Waals surface area contributed by atoms with Crippen LogP contribution in [0.1, 0.15) is 0 Å². The Bertz CT molecular complexity index is 570. The molecule has 1 aliphatic rings. The molecule has 0 aliphatic carbocycles. The van der Waals surface area contributed by atoms with E-state index in [0.717, 1.165) is 13.1 Å². The Hall–Kier alpha value is -1.72. The molecule has 1 aromatic carbocycles. The van der Waals surface area contributed by atoms with Gasteiger partial charge in [-0.1, -0.05) is 0 Å². The lowest BCUT2D eigenvalue weighted by Crippen LogP contribution is -2.41. The lowest BCUT2D eigenvalue weighted by atomic mass is 10.2. The van der Waals surface area contributed by atoms with Crippen molar-refractivity contribution in [3.8, 4) is 5.75 Å². The molecule has 4 nitrogen and oxygen atoms in total. The van der Waals surface area contributed by atoms with Crippen molar-refractivity contribution in [3.05, 3.63) is 36.3 Å². The van der Waals surface area contributed by atoms with Crippen LogP contribution in [0.4, 0.5) is 4.39 Å². The third-order valence-corrected chi connectivity index (χ3v) is 3.11. The maximum absolute atomic E-state index is 13.6. The van der Waals surface area contributed by atoms with Crippen LogP contribution in [0.5, 0.6) is 5.75 Å². The van der Waals surface area contributed by atoms with Gasteiger partial charge in [0, 0.05) is 24.7 Å². The first-order valence-corrected chi connectivity index (χ1v) is 6.33. The average molecular weight is 262 g/mol. The number of nitrogens with one attached hydrogen (secondary N) is 1. The second-order valence-corrected chi connectivity index (χ2v) is 4.45. The number of halogens is 1. The van der Waals surface area contributed by atoms with Gasteiger partial charge in [0.2, 0.25) is 0 Å². The van der Waals surface area contributed by atoms with Gasteiger partial charge in [0.1, 0.15) is 29.8 Å². The first-order valence-electron chi connectivity index (χ1n) is 6.33. The smallest absolute Gasteiger partial charge is 0.145 e. The highest BCUT2D eigenvalue weighted by molar-refractivity contribution is 5.84. The number of ether oxygens (including phenoxy) is 2. The molecule has 2 heterocycles. The number of nitrogens with zero attached hydrogens (tertiary/aromatic N) is 1. The van der Waals surface area contributed by atoms with Gasteiger partial charge < -0.3 is 14.8 Å². The molecule has 1 aliphatic heterocycles. The Morgan fingerprint density at radius 3 is 3.21 bits per heavy atom. The van der Waals surface area contributed by atoms with Crippen molar-refractivity contribution in [2.24, 2.45) is 0 Å². The van der Waals surface area contributed by atoms with Gasteiger partial charge in [-0.25, -0.2) is 4.39 Å². The monoisotopic (exact) mass is 262 g/mol. The molecule has 1 N–H and O–H groups in total. The number of fused-ring (bicyclic) bond motifs is 1. The van der Waals surface area contributed by atoms with E-state index in [0.29, 0.717) is 29.9 Å². The minimum Gasteiger partial charge on any atom is -0.489 e.